The van der Waals surface area contributed by atoms with Crippen LogP contribution in [0.1, 0.15) is 43.2 Å². The van der Waals surface area contributed by atoms with E-state index < -0.39 is 0 Å². The molecule has 1 fully saturated rings. The van der Waals surface area contributed by atoms with Gasteiger partial charge in [0.15, 0.2) is 0 Å². The molecule has 1 aromatic carbocycles. The van der Waals surface area contributed by atoms with Crippen molar-refractivity contribution in [1.82, 2.24) is 10.2 Å². The summed E-state index contributed by atoms with van der Waals surface area (Å²) in [5.41, 5.74) is 2.75. The molecular weight excluding hydrogens is 284 g/mol. The van der Waals surface area contributed by atoms with Crippen molar-refractivity contribution in [3.05, 3.63) is 47.5 Å². The van der Waals surface area contributed by atoms with Crippen LogP contribution in [0.15, 0.2) is 36.4 Å². The summed E-state index contributed by atoms with van der Waals surface area (Å²) < 4.78 is 0. The Labute approximate surface area is 140 Å². The zero-order valence-corrected chi connectivity index (χ0v) is 14.1. The van der Waals surface area contributed by atoms with Crippen molar-refractivity contribution >= 4 is 0 Å². The van der Waals surface area contributed by atoms with Crippen LogP contribution in [0.2, 0.25) is 0 Å². The number of hydrogen-bond acceptors (Lipinski definition) is 3. The topological polar surface area (TPSA) is 35.5 Å². The summed E-state index contributed by atoms with van der Waals surface area (Å²) in [5.74, 6) is 0.814. The molecule has 0 saturated carbocycles. The van der Waals surface area contributed by atoms with Gasteiger partial charge < -0.3 is 10.4 Å². The highest BCUT2D eigenvalue weighted by atomic mass is 16.3. The predicted octanol–water partition coefficient (Wildman–Crippen LogP) is 3.09. The van der Waals surface area contributed by atoms with Crippen LogP contribution in [0, 0.1) is 5.92 Å². The van der Waals surface area contributed by atoms with Gasteiger partial charge in [-0.15, -0.1) is 0 Å². The van der Waals surface area contributed by atoms with Crippen LogP contribution in [0.25, 0.3) is 0 Å². The summed E-state index contributed by atoms with van der Waals surface area (Å²) in [6, 6.07) is 9.01. The molecule has 1 aliphatic heterocycles. The molecule has 1 atom stereocenters. The number of aliphatic hydroxyl groups excluding tert-OH is 1. The van der Waals surface area contributed by atoms with Crippen LogP contribution in [-0.4, -0.2) is 35.7 Å². The first-order valence-corrected chi connectivity index (χ1v) is 9.13. The van der Waals surface area contributed by atoms with Crippen LogP contribution >= 0.6 is 0 Å². The quantitative estimate of drug-likeness (QED) is 0.792. The summed E-state index contributed by atoms with van der Waals surface area (Å²) >= 11 is 0. The van der Waals surface area contributed by atoms with Gasteiger partial charge in [0.2, 0.25) is 0 Å². The molecule has 0 bridgehead atoms. The number of likely N-dealkylation sites (tertiary alicyclic amines) is 1. The van der Waals surface area contributed by atoms with E-state index in [0.29, 0.717) is 0 Å². The lowest BCUT2D eigenvalue weighted by atomic mass is 9.94. The third kappa shape index (κ3) is 5.45. The number of hydrogen-bond donors (Lipinski definition) is 2. The minimum atomic E-state index is -0.0839. The number of rotatable bonds is 6. The smallest absolute Gasteiger partial charge is 0.0564 e. The van der Waals surface area contributed by atoms with Gasteiger partial charge in [-0.2, -0.15) is 0 Å². The van der Waals surface area contributed by atoms with E-state index >= 15 is 0 Å². The third-order valence-electron chi connectivity index (χ3n) is 5.13. The van der Waals surface area contributed by atoms with E-state index in [-0.39, 0.29) is 6.10 Å². The Kier molecular flexibility index (Phi) is 6.26. The van der Waals surface area contributed by atoms with Crippen LogP contribution < -0.4 is 5.32 Å². The normalized spacial score (nSPS) is 23.3. The molecule has 126 valence electrons. The van der Waals surface area contributed by atoms with E-state index in [9.17, 15) is 5.11 Å². The molecule has 1 aromatic rings. The molecule has 2 N–H and O–H groups in total. The Bertz CT molecular complexity index is 489. The van der Waals surface area contributed by atoms with Gasteiger partial charge in [-0.3, -0.25) is 4.90 Å². The standard InChI is InChI=1S/C20H30N2O/c23-20-10-12-22(13-11-20)16-19-8-6-18(7-9-19)15-21-14-17-4-2-1-3-5-17/h1-2,6-9,17,20-21,23H,3-5,10-16H2/t17-/m0/s1. The summed E-state index contributed by atoms with van der Waals surface area (Å²) in [4.78, 5) is 2.44. The molecule has 3 rings (SSSR count). The molecule has 0 radical (unpaired) electrons. The van der Waals surface area contributed by atoms with Crippen molar-refractivity contribution in [2.24, 2.45) is 5.92 Å². The fourth-order valence-corrected chi connectivity index (χ4v) is 3.56. The van der Waals surface area contributed by atoms with Crippen molar-refractivity contribution < 1.29 is 5.11 Å². The molecule has 0 amide bonds. The Morgan fingerprint density at radius 2 is 1.74 bits per heavy atom. The molecule has 1 heterocycles. The van der Waals surface area contributed by atoms with Gasteiger partial charge in [-0.25, -0.2) is 0 Å². The number of nitrogens with one attached hydrogen (secondary N) is 1. The molecule has 1 aliphatic carbocycles. The van der Waals surface area contributed by atoms with Crippen LogP contribution in [0.3, 0.4) is 0 Å². The molecule has 0 aromatic heterocycles. The lowest BCUT2D eigenvalue weighted by Crippen LogP contribution is -2.35. The van der Waals surface area contributed by atoms with Gasteiger partial charge in [-0.1, -0.05) is 36.4 Å². The maximum Gasteiger partial charge on any atom is 0.0564 e. The lowest BCUT2D eigenvalue weighted by Gasteiger charge is -2.29. The third-order valence-corrected chi connectivity index (χ3v) is 5.13. The Hall–Kier alpha value is -1.16. The van der Waals surface area contributed by atoms with Gasteiger partial charge >= 0.3 is 0 Å². The fourth-order valence-electron chi connectivity index (χ4n) is 3.56. The van der Waals surface area contributed by atoms with E-state index in [0.717, 1.165) is 51.5 Å². The SMILES string of the molecule is OC1CCN(Cc2ccc(CNC[C@H]3CC=CCC3)cc2)CC1. The van der Waals surface area contributed by atoms with Crippen molar-refractivity contribution in [2.45, 2.75) is 51.3 Å². The van der Waals surface area contributed by atoms with Crippen LogP contribution in [-0.2, 0) is 13.1 Å². The summed E-state index contributed by atoms with van der Waals surface area (Å²) in [6.07, 6.45) is 10.2. The lowest BCUT2D eigenvalue weighted by molar-refractivity contribution is 0.0792. The maximum absolute atomic E-state index is 9.57. The number of piperidine rings is 1. The minimum Gasteiger partial charge on any atom is -0.393 e. The van der Waals surface area contributed by atoms with Crippen LogP contribution in [0.4, 0.5) is 0 Å². The molecule has 1 saturated heterocycles. The Balaban J connectivity index is 1.39. The second kappa shape index (κ2) is 8.62. The zero-order valence-electron chi connectivity index (χ0n) is 14.1. The second-order valence-corrected chi connectivity index (χ2v) is 7.11. The summed E-state index contributed by atoms with van der Waals surface area (Å²) in [6.45, 7) is 5.13. The number of aliphatic hydroxyl groups is 1. The highest BCUT2D eigenvalue weighted by Gasteiger charge is 2.16. The molecule has 0 unspecified atom stereocenters. The highest BCUT2D eigenvalue weighted by molar-refractivity contribution is 5.22. The van der Waals surface area contributed by atoms with E-state index in [1.54, 1.807) is 0 Å². The predicted molar refractivity (Wildman–Crippen MR) is 95.1 cm³/mol. The number of allylic oxidation sites excluding steroid dienone is 2. The van der Waals surface area contributed by atoms with E-state index in [2.05, 4.69) is 46.6 Å². The van der Waals surface area contributed by atoms with Gasteiger partial charge in [0, 0.05) is 26.2 Å². The first-order valence-electron chi connectivity index (χ1n) is 9.13. The average molecular weight is 314 g/mol. The molecule has 3 heteroatoms. The molecule has 23 heavy (non-hydrogen) atoms. The Morgan fingerprint density at radius 3 is 2.43 bits per heavy atom. The molecule has 0 spiro atoms. The summed E-state index contributed by atoms with van der Waals surface area (Å²) in [7, 11) is 0. The Morgan fingerprint density at radius 1 is 1.00 bits per heavy atom. The van der Waals surface area contributed by atoms with Crippen molar-refractivity contribution in [2.75, 3.05) is 19.6 Å². The molecular formula is C20H30N2O. The van der Waals surface area contributed by atoms with E-state index in [4.69, 9.17) is 0 Å². The fraction of sp³-hybridized carbons (Fsp3) is 0.600. The maximum atomic E-state index is 9.57. The number of benzene rings is 1. The van der Waals surface area contributed by atoms with Crippen molar-refractivity contribution in [1.29, 1.82) is 0 Å². The monoisotopic (exact) mass is 314 g/mol. The number of nitrogens with zero attached hydrogens (tertiary/aromatic N) is 1. The zero-order chi connectivity index (χ0) is 15.9. The van der Waals surface area contributed by atoms with E-state index in [1.165, 1.54) is 30.4 Å². The first kappa shape index (κ1) is 16.7. The minimum absolute atomic E-state index is 0.0839. The van der Waals surface area contributed by atoms with Gasteiger partial charge in [-0.05, 0) is 55.7 Å². The first-order chi connectivity index (χ1) is 11.3. The summed E-state index contributed by atoms with van der Waals surface area (Å²) in [5, 5.41) is 13.2. The molecule has 3 nitrogen and oxygen atoms in total. The van der Waals surface area contributed by atoms with Crippen molar-refractivity contribution in [3.8, 4) is 0 Å². The van der Waals surface area contributed by atoms with Gasteiger partial charge in [0.25, 0.3) is 0 Å². The second-order valence-electron chi connectivity index (χ2n) is 7.11. The van der Waals surface area contributed by atoms with Crippen molar-refractivity contribution in [3.63, 3.8) is 0 Å². The van der Waals surface area contributed by atoms with Gasteiger partial charge in [0.05, 0.1) is 6.10 Å². The average Bonchev–Trinajstić information content (AvgIpc) is 2.59. The van der Waals surface area contributed by atoms with E-state index in [1.807, 2.05) is 0 Å². The van der Waals surface area contributed by atoms with Crippen LogP contribution in [0.5, 0.6) is 0 Å². The highest BCUT2D eigenvalue weighted by Crippen LogP contribution is 2.17. The van der Waals surface area contributed by atoms with Gasteiger partial charge in [0.1, 0.15) is 0 Å². The largest absolute Gasteiger partial charge is 0.393 e. The molecule has 2 aliphatic rings.